The van der Waals surface area contributed by atoms with E-state index in [4.69, 9.17) is 9.84 Å². The van der Waals surface area contributed by atoms with Crippen molar-refractivity contribution >= 4 is 22.6 Å². The van der Waals surface area contributed by atoms with Gasteiger partial charge in [-0.05, 0) is 40.1 Å². The minimum absolute atomic E-state index is 0.300. The van der Waals surface area contributed by atoms with Crippen molar-refractivity contribution < 1.29 is 19.4 Å². The molecule has 3 aromatic carbocycles. The van der Waals surface area contributed by atoms with Gasteiger partial charge in [-0.15, -0.1) is 0 Å². The van der Waals surface area contributed by atoms with E-state index in [0.717, 1.165) is 11.1 Å². The molecule has 0 spiro atoms. The largest absolute Gasteiger partial charge is 0.492 e. The topological polar surface area (TPSA) is 93.5 Å². The summed E-state index contributed by atoms with van der Waals surface area (Å²) in [7, 11) is 0. The van der Waals surface area contributed by atoms with Gasteiger partial charge in [0.05, 0.1) is 18.7 Å². The number of ether oxygens (including phenoxy) is 1. The number of carboxylic acid groups (broad SMARTS) is 1. The lowest BCUT2D eigenvalue weighted by molar-refractivity contribution is -0.135. The van der Waals surface area contributed by atoms with E-state index in [9.17, 15) is 9.59 Å². The van der Waals surface area contributed by atoms with Crippen LogP contribution in [0.25, 0.3) is 10.8 Å². The number of carbonyl (C=O) groups excluding carboxylic acids is 1. The van der Waals surface area contributed by atoms with Gasteiger partial charge in [-0.1, -0.05) is 48.5 Å². The predicted molar refractivity (Wildman–Crippen MR) is 121 cm³/mol. The highest BCUT2D eigenvalue weighted by Gasteiger charge is 2.15. The molecule has 162 valence electrons. The first-order valence-electron chi connectivity index (χ1n) is 10.3. The van der Waals surface area contributed by atoms with Crippen LogP contribution in [0.3, 0.4) is 0 Å². The first-order valence-corrected chi connectivity index (χ1v) is 10.3. The van der Waals surface area contributed by atoms with E-state index >= 15 is 0 Å². The fourth-order valence-corrected chi connectivity index (χ4v) is 3.48. The second-order valence-corrected chi connectivity index (χ2v) is 7.39. The van der Waals surface area contributed by atoms with E-state index in [2.05, 4.69) is 40.7 Å². The Morgan fingerprint density at radius 1 is 0.969 bits per heavy atom. The van der Waals surface area contributed by atoms with Gasteiger partial charge in [0.25, 0.3) is 5.91 Å². The molecule has 2 N–H and O–H groups in total. The van der Waals surface area contributed by atoms with Crippen molar-refractivity contribution in [2.24, 2.45) is 0 Å². The van der Waals surface area contributed by atoms with E-state index < -0.39 is 18.4 Å². The zero-order valence-electron chi connectivity index (χ0n) is 17.4. The number of aliphatic carboxylic acids is 1. The van der Waals surface area contributed by atoms with Crippen LogP contribution in [0.15, 0.2) is 79.1 Å². The third-order valence-corrected chi connectivity index (χ3v) is 5.06. The summed E-state index contributed by atoms with van der Waals surface area (Å²) in [6.45, 7) is 0.457. The average molecular weight is 429 g/mol. The molecule has 0 saturated carbocycles. The van der Waals surface area contributed by atoms with E-state index in [1.165, 1.54) is 10.8 Å². The molecular formula is C25H23N3O4. The number of benzene rings is 3. The smallest absolute Gasteiger partial charge is 0.322 e. The molecule has 0 saturated heterocycles. The van der Waals surface area contributed by atoms with Crippen molar-refractivity contribution in [3.05, 3.63) is 95.8 Å². The summed E-state index contributed by atoms with van der Waals surface area (Å²) in [4.78, 5) is 23.3. The fraction of sp³-hybridized carbons (Fsp3) is 0.160. The lowest BCUT2D eigenvalue weighted by atomic mass is 10.1. The van der Waals surface area contributed by atoms with Gasteiger partial charge in [0, 0.05) is 18.8 Å². The molecule has 32 heavy (non-hydrogen) atoms. The average Bonchev–Trinajstić information content (AvgIpc) is 3.30. The lowest BCUT2D eigenvalue weighted by Crippen LogP contribution is -2.29. The maximum absolute atomic E-state index is 12.5. The van der Waals surface area contributed by atoms with E-state index in [-0.39, 0.29) is 0 Å². The van der Waals surface area contributed by atoms with Crippen LogP contribution < -0.4 is 10.1 Å². The minimum atomic E-state index is -1.10. The molecule has 0 fully saturated rings. The fourth-order valence-electron chi connectivity index (χ4n) is 3.48. The van der Waals surface area contributed by atoms with Crippen LogP contribution in [0.4, 0.5) is 0 Å². The van der Waals surface area contributed by atoms with Crippen LogP contribution in [0.5, 0.6) is 5.75 Å². The van der Waals surface area contributed by atoms with Gasteiger partial charge in [-0.25, -0.2) is 0 Å². The highest BCUT2D eigenvalue weighted by atomic mass is 16.5. The molecule has 4 aromatic rings. The second-order valence-electron chi connectivity index (χ2n) is 7.39. The quantitative estimate of drug-likeness (QED) is 0.425. The second kappa shape index (κ2) is 9.78. The Morgan fingerprint density at radius 2 is 1.78 bits per heavy atom. The number of aromatic nitrogens is 2. The van der Waals surface area contributed by atoms with Gasteiger partial charge in [0.15, 0.2) is 0 Å². The molecule has 1 aromatic heterocycles. The Bertz CT molecular complexity index is 1240. The van der Waals surface area contributed by atoms with Crippen LogP contribution in [0.2, 0.25) is 0 Å². The molecule has 1 heterocycles. The maximum atomic E-state index is 12.5. The van der Waals surface area contributed by atoms with Crippen molar-refractivity contribution in [1.29, 1.82) is 0 Å². The molecule has 0 aliphatic rings. The first-order chi connectivity index (χ1) is 15.6. The zero-order valence-corrected chi connectivity index (χ0v) is 17.4. The molecule has 7 nitrogen and oxygen atoms in total. The first kappa shape index (κ1) is 21.1. The van der Waals surface area contributed by atoms with Gasteiger partial charge in [0.1, 0.15) is 12.3 Å². The number of hydrogen-bond acceptors (Lipinski definition) is 4. The summed E-state index contributed by atoms with van der Waals surface area (Å²) in [5, 5.41) is 17.8. The predicted octanol–water partition coefficient (Wildman–Crippen LogP) is 3.52. The summed E-state index contributed by atoms with van der Waals surface area (Å²) < 4.78 is 7.78. The summed E-state index contributed by atoms with van der Waals surface area (Å²) >= 11 is 0. The number of carboxylic acids is 1. The van der Waals surface area contributed by atoms with Crippen LogP contribution in [-0.2, 0) is 17.8 Å². The number of amides is 1. The third kappa shape index (κ3) is 5.31. The summed E-state index contributed by atoms with van der Waals surface area (Å²) in [5.41, 5.74) is 2.35. The molecule has 1 amide bonds. The zero-order chi connectivity index (χ0) is 22.3. The lowest BCUT2D eigenvalue weighted by Gasteiger charge is -2.14. The van der Waals surface area contributed by atoms with Crippen molar-refractivity contribution in [1.82, 2.24) is 15.1 Å². The van der Waals surface area contributed by atoms with Gasteiger partial charge >= 0.3 is 5.97 Å². The monoisotopic (exact) mass is 429 g/mol. The molecule has 0 atom stereocenters. The molecule has 0 radical (unpaired) electrons. The summed E-state index contributed by atoms with van der Waals surface area (Å²) in [6, 6.07) is 21.6. The minimum Gasteiger partial charge on any atom is -0.492 e. The van der Waals surface area contributed by atoms with Crippen molar-refractivity contribution in [2.75, 3.05) is 13.2 Å². The Balaban J connectivity index is 1.50. The van der Waals surface area contributed by atoms with E-state index in [1.807, 2.05) is 30.5 Å². The number of fused-ring (bicyclic) bond motifs is 1. The van der Waals surface area contributed by atoms with Crippen LogP contribution >= 0.6 is 0 Å². The number of nitrogens with one attached hydrogen (secondary N) is 1. The molecule has 0 aliphatic heterocycles. The third-order valence-electron chi connectivity index (χ3n) is 5.06. The molecule has 0 aliphatic carbocycles. The summed E-state index contributed by atoms with van der Waals surface area (Å²) in [6.07, 6.45) is 4.23. The number of carbonyl (C=O) groups is 2. The standard InChI is InChI=1S/C25H23N3O4/c29-24(30)16-26-25(31)22-9-7-19(17-28-12-3-11-27-28)15-23(22)32-13-10-18-6-8-20-4-1-2-5-21(20)14-18/h1-9,11-12,14-15H,10,13,16-17H2,(H,26,31)(H,29,30). The van der Waals surface area contributed by atoms with Crippen molar-refractivity contribution in [2.45, 2.75) is 13.0 Å². The molecule has 4 rings (SSSR count). The normalized spacial score (nSPS) is 10.8. The molecule has 0 bridgehead atoms. The Kier molecular flexibility index (Phi) is 6.46. The van der Waals surface area contributed by atoms with Gasteiger partial charge in [-0.2, -0.15) is 5.10 Å². The van der Waals surface area contributed by atoms with E-state index in [1.54, 1.807) is 23.0 Å². The SMILES string of the molecule is O=C(O)CNC(=O)c1ccc(Cn2cccn2)cc1OCCc1ccc2ccccc2c1. The van der Waals surface area contributed by atoms with Crippen LogP contribution in [0, 0.1) is 0 Å². The Morgan fingerprint density at radius 3 is 2.56 bits per heavy atom. The van der Waals surface area contributed by atoms with Gasteiger partial charge in [0.2, 0.25) is 0 Å². The Hall–Kier alpha value is -4.13. The molecule has 7 heteroatoms. The number of rotatable bonds is 9. The van der Waals surface area contributed by atoms with Crippen molar-refractivity contribution in [3.8, 4) is 5.75 Å². The van der Waals surface area contributed by atoms with Crippen LogP contribution in [0.1, 0.15) is 21.5 Å². The van der Waals surface area contributed by atoms with Crippen molar-refractivity contribution in [3.63, 3.8) is 0 Å². The van der Waals surface area contributed by atoms with E-state index in [0.29, 0.717) is 30.9 Å². The number of hydrogen-bond donors (Lipinski definition) is 2. The summed E-state index contributed by atoms with van der Waals surface area (Å²) in [5.74, 6) is -1.18. The number of nitrogens with zero attached hydrogens (tertiary/aromatic N) is 2. The Labute approximate surface area is 185 Å². The maximum Gasteiger partial charge on any atom is 0.322 e. The molecular weight excluding hydrogens is 406 g/mol. The van der Waals surface area contributed by atoms with Crippen LogP contribution in [-0.4, -0.2) is 39.9 Å². The van der Waals surface area contributed by atoms with Gasteiger partial charge in [-0.3, -0.25) is 14.3 Å². The molecule has 0 unspecified atom stereocenters. The highest BCUT2D eigenvalue weighted by molar-refractivity contribution is 5.98. The van der Waals surface area contributed by atoms with Gasteiger partial charge < -0.3 is 15.2 Å². The highest BCUT2D eigenvalue weighted by Crippen LogP contribution is 2.22.